The molecule has 0 aliphatic rings. The van der Waals surface area contributed by atoms with E-state index in [1.54, 1.807) is 20.0 Å². The van der Waals surface area contributed by atoms with Gasteiger partial charge in [0.05, 0.1) is 6.04 Å². The number of hydrogen-bond donors (Lipinski definition) is 1. The third kappa shape index (κ3) is 4.42. The van der Waals surface area contributed by atoms with Crippen LogP contribution in [0.5, 0.6) is 0 Å². The van der Waals surface area contributed by atoms with E-state index in [1.165, 1.54) is 11.0 Å². The standard InChI is InChI=1S/C17H17ClF2N2O/c1-11(12-7-8-15(19)16(20)9-12)21-17(23)22(2)10-13-5-3-4-6-14(13)18/h3-9,11H,10H2,1-2H3,(H,21,23). The van der Waals surface area contributed by atoms with Crippen LogP contribution in [0.25, 0.3) is 0 Å². The molecule has 2 aromatic rings. The molecule has 1 N–H and O–H groups in total. The Balaban J connectivity index is 2.00. The number of benzene rings is 2. The highest BCUT2D eigenvalue weighted by Gasteiger charge is 2.15. The lowest BCUT2D eigenvalue weighted by atomic mass is 10.1. The van der Waals surface area contributed by atoms with Crippen molar-refractivity contribution in [3.8, 4) is 0 Å². The van der Waals surface area contributed by atoms with Crippen LogP contribution in [0.2, 0.25) is 5.02 Å². The van der Waals surface area contributed by atoms with Crippen LogP contribution in [0.15, 0.2) is 42.5 Å². The second kappa shape index (κ2) is 7.42. The van der Waals surface area contributed by atoms with Crippen molar-refractivity contribution in [1.82, 2.24) is 10.2 Å². The highest BCUT2D eigenvalue weighted by Crippen LogP contribution is 2.18. The van der Waals surface area contributed by atoms with Crippen LogP contribution in [0.4, 0.5) is 13.6 Å². The van der Waals surface area contributed by atoms with Crippen molar-refractivity contribution in [2.45, 2.75) is 19.5 Å². The van der Waals surface area contributed by atoms with Crippen molar-refractivity contribution in [3.63, 3.8) is 0 Å². The van der Waals surface area contributed by atoms with Gasteiger partial charge < -0.3 is 10.2 Å². The zero-order valence-electron chi connectivity index (χ0n) is 12.8. The first-order chi connectivity index (χ1) is 10.9. The van der Waals surface area contributed by atoms with Gasteiger partial charge in [0.15, 0.2) is 11.6 Å². The summed E-state index contributed by atoms with van der Waals surface area (Å²) < 4.78 is 26.2. The summed E-state index contributed by atoms with van der Waals surface area (Å²) in [6.45, 7) is 2.05. The van der Waals surface area contributed by atoms with Gasteiger partial charge in [0.1, 0.15) is 0 Å². The monoisotopic (exact) mass is 338 g/mol. The zero-order chi connectivity index (χ0) is 17.0. The molecule has 0 saturated carbocycles. The molecule has 3 nitrogen and oxygen atoms in total. The number of nitrogens with one attached hydrogen (secondary N) is 1. The van der Waals surface area contributed by atoms with Crippen molar-refractivity contribution in [2.75, 3.05) is 7.05 Å². The lowest BCUT2D eigenvalue weighted by molar-refractivity contribution is 0.203. The summed E-state index contributed by atoms with van der Waals surface area (Å²) in [5, 5.41) is 3.32. The summed E-state index contributed by atoms with van der Waals surface area (Å²) in [5.41, 5.74) is 1.32. The van der Waals surface area contributed by atoms with E-state index in [4.69, 9.17) is 11.6 Å². The highest BCUT2D eigenvalue weighted by atomic mass is 35.5. The molecule has 0 bridgehead atoms. The van der Waals surface area contributed by atoms with Crippen molar-refractivity contribution < 1.29 is 13.6 Å². The molecule has 2 amide bonds. The van der Waals surface area contributed by atoms with Crippen molar-refractivity contribution >= 4 is 17.6 Å². The Hall–Kier alpha value is -2.14. The van der Waals surface area contributed by atoms with Crippen molar-refractivity contribution in [1.29, 1.82) is 0 Å². The third-order valence-corrected chi connectivity index (χ3v) is 3.86. The van der Waals surface area contributed by atoms with Gasteiger partial charge in [-0.3, -0.25) is 0 Å². The van der Waals surface area contributed by atoms with Crippen LogP contribution in [-0.4, -0.2) is 18.0 Å². The summed E-state index contributed by atoms with van der Waals surface area (Å²) in [7, 11) is 1.64. The molecule has 23 heavy (non-hydrogen) atoms. The fourth-order valence-corrected chi connectivity index (χ4v) is 2.31. The van der Waals surface area contributed by atoms with Gasteiger partial charge in [-0.25, -0.2) is 13.6 Å². The summed E-state index contributed by atoms with van der Waals surface area (Å²) in [6, 6.07) is 10.0. The largest absolute Gasteiger partial charge is 0.331 e. The number of carbonyl (C=O) groups excluding carboxylic acids is 1. The SMILES string of the molecule is CC(NC(=O)N(C)Cc1ccccc1Cl)c1ccc(F)c(F)c1. The van der Waals surface area contributed by atoms with Crippen LogP contribution in [0.3, 0.4) is 0 Å². The first-order valence-corrected chi connectivity index (χ1v) is 7.46. The predicted molar refractivity (Wildman–Crippen MR) is 86.2 cm³/mol. The number of rotatable bonds is 4. The molecule has 2 aromatic carbocycles. The topological polar surface area (TPSA) is 32.3 Å². The molecular weight excluding hydrogens is 322 g/mol. The number of amides is 2. The van der Waals surface area contributed by atoms with Crippen LogP contribution < -0.4 is 5.32 Å². The Morgan fingerprint density at radius 3 is 2.57 bits per heavy atom. The Kier molecular flexibility index (Phi) is 5.55. The van der Waals surface area contributed by atoms with Crippen molar-refractivity contribution in [3.05, 3.63) is 70.2 Å². The predicted octanol–water partition coefficient (Wildman–Crippen LogP) is 4.52. The quantitative estimate of drug-likeness (QED) is 0.873. The molecule has 0 spiro atoms. The molecule has 0 saturated heterocycles. The van der Waals surface area contributed by atoms with E-state index in [1.807, 2.05) is 18.2 Å². The molecule has 0 fully saturated rings. The van der Waals surface area contributed by atoms with Crippen LogP contribution >= 0.6 is 11.6 Å². The van der Waals surface area contributed by atoms with E-state index in [9.17, 15) is 13.6 Å². The fourth-order valence-electron chi connectivity index (χ4n) is 2.11. The lowest BCUT2D eigenvalue weighted by Crippen LogP contribution is -2.38. The van der Waals surface area contributed by atoms with Crippen molar-refractivity contribution in [2.24, 2.45) is 0 Å². The molecular formula is C17H17ClF2N2O. The van der Waals surface area contributed by atoms with Gasteiger partial charge in [-0.05, 0) is 36.2 Å². The molecule has 0 aliphatic carbocycles. The third-order valence-electron chi connectivity index (χ3n) is 3.50. The maximum absolute atomic E-state index is 13.3. The summed E-state index contributed by atoms with van der Waals surface area (Å²) >= 11 is 6.07. The molecule has 122 valence electrons. The minimum Gasteiger partial charge on any atom is -0.331 e. The summed E-state index contributed by atoms with van der Waals surface area (Å²) in [4.78, 5) is 13.7. The normalized spacial score (nSPS) is 11.9. The lowest BCUT2D eigenvalue weighted by Gasteiger charge is -2.22. The minimum atomic E-state index is -0.937. The number of halogens is 3. The molecule has 0 radical (unpaired) electrons. The van der Waals surface area contributed by atoms with Crippen LogP contribution in [-0.2, 0) is 6.54 Å². The average Bonchev–Trinajstić information content (AvgIpc) is 2.52. The number of carbonyl (C=O) groups is 1. The Bertz CT molecular complexity index is 709. The highest BCUT2D eigenvalue weighted by molar-refractivity contribution is 6.31. The summed E-state index contributed by atoms with van der Waals surface area (Å²) in [6.07, 6.45) is 0. The van der Waals surface area contributed by atoms with Gasteiger partial charge in [-0.1, -0.05) is 35.9 Å². The average molecular weight is 339 g/mol. The Morgan fingerprint density at radius 1 is 1.22 bits per heavy atom. The Labute approximate surface area is 138 Å². The van der Waals surface area contributed by atoms with E-state index < -0.39 is 17.7 Å². The smallest absolute Gasteiger partial charge is 0.317 e. The van der Waals surface area contributed by atoms with Gasteiger partial charge in [-0.2, -0.15) is 0 Å². The minimum absolute atomic E-state index is 0.331. The van der Waals surface area contributed by atoms with Crippen LogP contribution in [0.1, 0.15) is 24.1 Å². The molecule has 0 aromatic heterocycles. The van der Waals surface area contributed by atoms with E-state index in [0.717, 1.165) is 17.7 Å². The fraction of sp³-hybridized carbons (Fsp3) is 0.235. The van der Waals surface area contributed by atoms with E-state index in [0.29, 0.717) is 17.1 Å². The Morgan fingerprint density at radius 2 is 1.91 bits per heavy atom. The van der Waals surface area contributed by atoms with E-state index in [-0.39, 0.29) is 6.03 Å². The van der Waals surface area contributed by atoms with Gasteiger partial charge in [-0.15, -0.1) is 0 Å². The first kappa shape index (κ1) is 17.2. The number of urea groups is 1. The van der Waals surface area contributed by atoms with Gasteiger partial charge in [0, 0.05) is 18.6 Å². The number of nitrogens with zero attached hydrogens (tertiary/aromatic N) is 1. The maximum atomic E-state index is 13.3. The van der Waals surface area contributed by atoms with E-state index >= 15 is 0 Å². The zero-order valence-corrected chi connectivity index (χ0v) is 13.6. The van der Waals surface area contributed by atoms with E-state index in [2.05, 4.69) is 5.32 Å². The summed E-state index contributed by atoms with van der Waals surface area (Å²) in [5.74, 6) is -1.85. The van der Waals surface area contributed by atoms with Gasteiger partial charge in [0.2, 0.25) is 0 Å². The van der Waals surface area contributed by atoms with Crippen LogP contribution in [0, 0.1) is 11.6 Å². The van der Waals surface area contributed by atoms with Gasteiger partial charge in [0.25, 0.3) is 0 Å². The second-order valence-electron chi connectivity index (χ2n) is 5.29. The molecule has 1 unspecified atom stereocenters. The first-order valence-electron chi connectivity index (χ1n) is 7.08. The molecule has 2 rings (SSSR count). The maximum Gasteiger partial charge on any atom is 0.317 e. The second-order valence-corrected chi connectivity index (χ2v) is 5.70. The molecule has 0 aliphatic heterocycles. The molecule has 0 heterocycles. The number of hydrogen-bond acceptors (Lipinski definition) is 1. The molecule has 1 atom stereocenters. The van der Waals surface area contributed by atoms with Gasteiger partial charge >= 0.3 is 6.03 Å². The molecule has 6 heteroatoms.